The monoisotopic (exact) mass is 98.1 g/mol. The highest BCUT2D eigenvalue weighted by Gasteiger charge is 2.21. The molecule has 1 heteroatoms. The highest BCUT2D eigenvalue weighted by molar-refractivity contribution is 5.19. The van der Waals surface area contributed by atoms with Crippen molar-refractivity contribution in [2.75, 3.05) is 0 Å². The molecule has 1 N–H and O–H groups in total. The van der Waals surface area contributed by atoms with Gasteiger partial charge in [0, 0.05) is 5.92 Å². The molecule has 0 spiro atoms. The molecule has 2 unspecified atom stereocenters. The fourth-order valence-electron chi connectivity index (χ4n) is 0.716. The molecular formula is C6H10O. The summed E-state index contributed by atoms with van der Waals surface area (Å²) in [6.07, 6.45) is 1.73. The van der Waals surface area contributed by atoms with Gasteiger partial charge in [0.1, 0.15) is 0 Å². The Morgan fingerprint density at radius 3 is 2.29 bits per heavy atom. The van der Waals surface area contributed by atoms with E-state index in [0.717, 1.165) is 0 Å². The lowest BCUT2D eigenvalue weighted by atomic mass is 9.85. The van der Waals surface area contributed by atoms with Crippen molar-refractivity contribution in [3.8, 4) is 0 Å². The maximum absolute atomic E-state index is 8.81. The molecule has 0 fully saturated rings. The van der Waals surface area contributed by atoms with Crippen LogP contribution in [0.4, 0.5) is 0 Å². The molecule has 1 rings (SSSR count). The second-order valence-corrected chi connectivity index (χ2v) is 2.19. The third-order valence-corrected chi connectivity index (χ3v) is 1.66. The molecular weight excluding hydrogens is 88.1 g/mol. The van der Waals surface area contributed by atoms with E-state index in [1.807, 2.05) is 19.9 Å². The van der Waals surface area contributed by atoms with E-state index in [-0.39, 0.29) is 6.10 Å². The predicted octanol–water partition coefficient (Wildman–Crippen LogP) is 0.943. The third-order valence-electron chi connectivity index (χ3n) is 1.66. The van der Waals surface area contributed by atoms with Crippen molar-refractivity contribution >= 4 is 0 Å². The van der Waals surface area contributed by atoms with Gasteiger partial charge in [-0.1, -0.05) is 18.6 Å². The van der Waals surface area contributed by atoms with Crippen molar-refractivity contribution in [2.24, 2.45) is 5.92 Å². The first-order chi connectivity index (χ1) is 3.22. The molecule has 0 heterocycles. The SMILES string of the molecule is CC1=CC(O)C1C. The van der Waals surface area contributed by atoms with Gasteiger partial charge in [0.05, 0.1) is 6.10 Å². The summed E-state index contributed by atoms with van der Waals surface area (Å²) in [5.74, 6) is 0.417. The quantitative estimate of drug-likeness (QED) is 0.447. The van der Waals surface area contributed by atoms with Gasteiger partial charge in [0.25, 0.3) is 0 Å². The summed E-state index contributed by atoms with van der Waals surface area (Å²) in [4.78, 5) is 0. The Morgan fingerprint density at radius 1 is 1.71 bits per heavy atom. The van der Waals surface area contributed by atoms with Gasteiger partial charge in [0.2, 0.25) is 0 Å². The molecule has 0 aromatic heterocycles. The molecule has 1 aliphatic carbocycles. The fraction of sp³-hybridized carbons (Fsp3) is 0.667. The topological polar surface area (TPSA) is 20.2 Å². The second kappa shape index (κ2) is 1.34. The van der Waals surface area contributed by atoms with E-state index in [9.17, 15) is 0 Å². The van der Waals surface area contributed by atoms with Crippen molar-refractivity contribution in [3.63, 3.8) is 0 Å². The van der Waals surface area contributed by atoms with Crippen LogP contribution in [0.25, 0.3) is 0 Å². The summed E-state index contributed by atoms with van der Waals surface area (Å²) in [5.41, 5.74) is 1.31. The Hall–Kier alpha value is -0.300. The lowest BCUT2D eigenvalue weighted by Gasteiger charge is -2.26. The van der Waals surface area contributed by atoms with Crippen molar-refractivity contribution in [1.29, 1.82) is 0 Å². The number of aliphatic hydroxyl groups excluding tert-OH is 1. The van der Waals surface area contributed by atoms with Crippen molar-refractivity contribution < 1.29 is 5.11 Å². The standard InChI is InChI=1S/C6H10O/c1-4-3-6(7)5(4)2/h3,5-7H,1-2H3. The van der Waals surface area contributed by atoms with Gasteiger partial charge in [0.15, 0.2) is 0 Å². The molecule has 0 aliphatic heterocycles. The predicted molar refractivity (Wildman–Crippen MR) is 28.9 cm³/mol. The zero-order valence-electron chi connectivity index (χ0n) is 4.68. The Kier molecular flexibility index (Phi) is 0.927. The molecule has 0 aromatic carbocycles. The maximum atomic E-state index is 8.81. The molecule has 1 aliphatic rings. The molecule has 0 radical (unpaired) electrons. The Balaban J connectivity index is 2.57. The van der Waals surface area contributed by atoms with Gasteiger partial charge in [-0.25, -0.2) is 0 Å². The Labute approximate surface area is 43.7 Å². The maximum Gasteiger partial charge on any atom is 0.0786 e. The number of aliphatic hydroxyl groups is 1. The smallest absolute Gasteiger partial charge is 0.0786 e. The normalized spacial score (nSPS) is 39.6. The van der Waals surface area contributed by atoms with Crippen LogP contribution in [0.15, 0.2) is 11.6 Å². The highest BCUT2D eigenvalue weighted by atomic mass is 16.3. The molecule has 0 bridgehead atoms. The largest absolute Gasteiger partial charge is 0.388 e. The average Bonchev–Trinajstić information content (AvgIpc) is 1.68. The molecule has 0 amide bonds. The first kappa shape index (κ1) is 4.85. The lowest BCUT2D eigenvalue weighted by Crippen LogP contribution is -2.25. The molecule has 0 saturated carbocycles. The van der Waals surface area contributed by atoms with Gasteiger partial charge < -0.3 is 5.11 Å². The minimum absolute atomic E-state index is 0.153. The van der Waals surface area contributed by atoms with Crippen LogP contribution in [0.1, 0.15) is 13.8 Å². The summed E-state index contributed by atoms with van der Waals surface area (Å²) in [6, 6.07) is 0. The van der Waals surface area contributed by atoms with E-state index < -0.39 is 0 Å². The van der Waals surface area contributed by atoms with Gasteiger partial charge in [-0.3, -0.25) is 0 Å². The first-order valence-electron chi connectivity index (χ1n) is 2.58. The summed E-state index contributed by atoms with van der Waals surface area (Å²) in [7, 11) is 0. The molecule has 0 aromatic rings. The van der Waals surface area contributed by atoms with E-state index >= 15 is 0 Å². The molecule has 0 saturated heterocycles. The summed E-state index contributed by atoms with van der Waals surface area (Å²) >= 11 is 0. The zero-order valence-corrected chi connectivity index (χ0v) is 4.68. The van der Waals surface area contributed by atoms with Crippen LogP contribution in [0.2, 0.25) is 0 Å². The zero-order chi connectivity index (χ0) is 5.44. The van der Waals surface area contributed by atoms with Crippen molar-refractivity contribution in [2.45, 2.75) is 20.0 Å². The number of hydrogen-bond acceptors (Lipinski definition) is 1. The minimum atomic E-state index is -0.153. The average molecular weight is 98.1 g/mol. The Bertz CT molecular complexity index is 105. The van der Waals surface area contributed by atoms with Crippen LogP contribution in [-0.4, -0.2) is 11.2 Å². The minimum Gasteiger partial charge on any atom is -0.388 e. The van der Waals surface area contributed by atoms with Crippen LogP contribution < -0.4 is 0 Å². The van der Waals surface area contributed by atoms with E-state index in [2.05, 4.69) is 0 Å². The van der Waals surface area contributed by atoms with Crippen LogP contribution in [0.3, 0.4) is 0 Å². The lowest BCUT2D eigenvalue weighted by molar-refractivity contribution is 0.154. The fourth-order valence-corrected chi connectivity index (χ4v) is 0.716. The van der Waals surface area contributed by atoms with Gasteiger partial charge >= 0.3 is 0 Å². The summed E-state index contributed by atoms with van der Waals surface area (Å²) < 4.78 is 0. The van der Waals surface area contributed by atoms with E-state index in [1.54, 1.807) is 0 Å². The van der Waals surface area contributed by atoms with Crippen LogP contribution >= 0.6 is 0 Å². The van der Waals surface area contributed by atoms with Crippen LogP contribution in [0.5, 0.6) is 0 Å². The summed E-state index contributed by atoms with van der Waals surface area (Å²) in [6.45, 7) is 4.07. The van der Waals surface area contributed by atoms with Gasteiger partial charge in [-0.05, 0) is 6.92 Å². The summed E-state index contributed by atoms with van der Waals surface area (Å²) in [5, 5.41) is 8.81. The molecule has 1 nitrogen and oxygen atoms in total. The van der Waals surface area contributed by atoms with E-state index in [4.69, 9.17) is 5.11 Å². The van der Waals surface area contributed by atoms with Gasteiger partial charge in [-0.15, -0.1) is 0 Å². The molecule has 2 atom stereocenters. The van der Waals surface area contributed by atoms with Crippen LogP contribution in [0, 0.1) is 5.92 Å². The molecule has 7 heavy (non-hydrogen) atoms. The molecule has 40 valence electrons. The van der Waals surface area contributed by atoms with E-state index in [1.165, 1.54) is 5.57 Å². The van der Waals surface area contributed by atoms with Crippen molar-refractivity contribution in [3.05, 3.63) is 11.6 Å². The third kappa shape index (κ3) is 0.570. The number of rotatable bonds is 0. The van der Waals surface area contributed by atoms with E-state index in [0.29, 0.717) is 5.92 Å². The first-order valence-corrected chi connectivity index (χ1v) is 2.58. The van der Waals surface area contributed by atoms with Crippen molar-refractivity contribution in [1.82, 2.24) is 0 Å². The Morgan fingerprint density at radius 2 is 2.29 bits per heavy atom. The van der Waals surface area contributed by atoms with Gasteiger partial charge in [-0.2, -0.15) is 0 Å². The second-order valence-electron chi connectivity index (χ2n) is 2.19. The van der Waals surface area contributed by atoms with Crippen LogP contribution in [-0.2, 0) is 0 Å². The number of hydrogen-bond donors (Lipinski definition) is 1. The highest BCUT2D eigenvalue weighted by Crippen LogP contribution is 2.25.